The number of carbonyl (C=O) groups excluding carboxylic acids is 1. The molecule has 2 unspecified atom stereocenters. The fourth-order valence-corrected chi connectivity index (χ4v) is 3.17. The van der Waals surface area contributed by atoms with Gasteiger partial charge in [-0.2, -0.15) is 0 Å². The van der Waals surface area contributed by atoms with Gasteiger partial charge in [0, 0.05) is 6.42 Å². The van der Waals surface area contributed by atoms with Gasteiger partial charge in [0.25, 0.3) is 0 Å². The maximum absolute atomic E-state index is 12.1. The van der Waals surface area contributed by atoms with E-state index < -0.39 is 0 Å². The number of aromatic nitrogens is 2. The molecule has 1 aliphatic rings. The highest BCUT2D eigenvalue weighted by molar-refractivity contribution is 5.85. The van der Waals surface area contributed by atoms with E-state index in [0.717, 1.165) is 29.9 Å². The van der Waals surface area contributed by atoms with Crippen molar-refractivity contribution in [3.63, 3.8) is 0 Å². The van der Waals surface area contributed by atoms with Crippen LogP contribution >= 0.6 is 24.8 Å². The number of rotatable bonds is 5. The molecule has 5 nitrogen and oxygen atoms in total. The number of carbonyl (C=O) groups is 1. The van der Waals surface area contributed by atoms with Crippen LogP contribution < -0.4 is 10.6 Å². The van der Waals surface area contributed by atoms with Gasteiger partial charge in [-0.25, -0.2) is 4.98 Å². The van der Waals surface area contributed by atoms with Crippen LogP contribution in [0.2, 0.25) is 0 Å². The van der Waals surface area contributed by atoms with Gasteiger partial charge in [0.2, 0.25) is 5.91 Å². The Bertz CT molecular complexity index is 607. The molecule has 2 aromatic rings. The fraction of sp³-hybridized carbons (Fsp3) is 0.529. The molecule has 0 bridgehead atoms. The molecule has 0 aliphatic carbocycles. The van der Waals surface area contributed by atoms with E-state index in [9.17, 15) is 4.79 Å². The number of para-hydroxylation sites is 2. The van der Waals surface area contributed by atoms with Crippen LogP contribution in [0.15, 0.2) is 24.3 Å². The lowest BCUT2D eigenvalue weighted by molar-refractivity contribution is -0.122. The topological polar surface area (TPSA) is 69.8 Å². The summed E-state index contributed by atoms with van der Waals surface area (Å²) >= 11 is 0. The highest BCUT2D eigenvalue weighted by atomic mass is 35.5. The summed E-state index contributed by atoms with van der Waals surface area (Å²) in [5.41, 5.74) is 1.95. The number of halogens is 2. The molecular formula is C17H26Cl2N4O. The first kappa shape index (κ1) is 20.7. The van der Waals surface area contributed by atoms with Crippen molar-refractivity contribution in [3.8, 4) is 0 Å². The monoisotopic (exact) mass is 372 g/mol. The molecule has 1 amide bonds. The maximum Gasteiger partial charge on any atom is 0.220 e. The smallest absolute Gasteiger partial charge is 0.220 e. The van der Waals surface area contributed by atoms with E-state index in [1.807, 2.05) is 24.3 Å². The number of nitrogens with one attached hydrogen (secondary N) is 3. The molecule has 0 saturated carbocycles. The van der Waals surface area contributed by atoms with E-state index in [4.69, 9.17) is 0 Å². The molecule has 2 atom stereocenters. The van der Waals surface area contributed by atoms with Crippen molar-refractivity contribution in [2.45, 2.75) is 32.7 Å². The zero-order valence-electron chi connectivity index (χ0n) is 13.9. The van der Waals surface area contributed by atoms with Gasteiger partial charge >= 0.3 is 0 Å². The second-order valence-corrected chi connectivity index (χ2v) is 6.27. The van der Waals surface area contributed by atoms with Crippen LogP contribution in [0.3, 0.4) is 0 Å². The molecule has 134 valence electrons. The fourth-order valence-electron chi connectivity index (χ4n) is 3.17. The third-order valence-corrected chi connectivity index (χ3v) is 4.54. The summed E-state index contributed by atoms with van der Waals surface area (Å²) in [4.78, 5) is 19.8. The Morgan fingerprint density at radius 1 is 1.38 bits per heavy atom. The molecule has 24 heavy (non-hydrogen) atoms. The molecule has 0 radical (unpaired) electrons. The summed E-state index contributed by atoms with van der Waals surface area (Å²) in [5, 5.41) is 6.39. The van der Waals surface area contributed by atoms with Crippen molar-refractivity contribution in [1.29, 1.82) is 0 Å². The van der Waals surface area contributed by atoms with Crippen molar-refractivity contribution in [2.24, 2.45) is 11.8 Å². The number of H-pyrrole nitrogens is 1. The number of nitrogens with zero attached hydrogens (tertiary/aromatic N) is 1. The van der Waals surface area contributed by atoms with E-state index in [1.165, 1.54) is 12.8 Å². The highest BCUT2D eigenvalue weighted by Gasteiger charge is 2.21. The second kappa shape index (κ2) is 9.87. The van der Waals surface area contributed by atoms with Crippen molar-refractivity contribution in [2.75, 3.05) is 13.1 Å². The van der Waals surface area contributed by atoms with Crippen molar-refractivity contribution < 1.29 is 4.79 Å². The summed E-state index contributed by atoms with van der Waals surface area (Å²) < 4.78 is 0. The van der Waals surface area contributed by atoms with Gasteiger partial charge in [-0.3, -0.25) is 4.79 Å². The number of hydrogen-bond acceptors (Lipinski definition) is 3. The zero-order valence-corrected chi connectivity index (χ0v) is 15.5. The molecule has 7 heteroatoms. The number of amides is 1. The van der Waals surface area contributed by atoms with Gasteiger partial charge in [-0.15, -0.1) is 24.8 Å². The number of imidazole rings is 1. The largest absolute Gasteiger partial charge is 0.349 e. The molecule has 1 aromatic carbocycles. The summed E-state index contributed by atoms with van der Waals surface area (Å²) in [6, 6.07) is 7.90. The molecule has 1 fully saturated rings. The average molecular weight is 373 g/mol. The van der Waals surface area contributed by atoms with Gasteiger partial charge in [0.1, 0.15) is 5.82 Å². The van der Waals surface area contributed by atoms with E-state index in [1.54, 1.807) is 0 Å². The number of aromatic amines is 1. The minimum absolute atomic E-state index is 0. The van der Waals surface area contributed by atoms with Crippen LogP contribution in [0, 0.1) is 11.8 Å². The molecular weight excluding hydrogens is 347 g/mol. The van der Waals surface area contributed by atoms with Crippen LogP contribution in [0.25, 0.3) is 11.0 Å². The van der Waals surface area contributed by atoms with E-state index >= 15 is 0 Å². The second-order valence-electron chi connectivity index (χ2n) is 6.27. The molecule has 1 saturated heterocycles. The number of benzene rings is 1. The van der Waals surface area contributed by atoms with Gasteiger partial charge in [0.15, 0.2) is 0 Å². The minimum Gasteiger partial charge on any atom is -0.349 e. The lowest BCUT2D eigenvalue weighted by Gasteiger charge is -2.27. The van der Waals surface area contributed by atoms with Crippen LogP contribution in [0.5, 0.6) is 0 Å². The van der Waals surface area contributed by atoms with Gasteiger partial charge < -0.3 is 15.6 Å². The van der Waals surface area contributed by atoms with Crippen LogP contribution in [-0.2, 0) is 11.3 Å². The van der Waals surface area contributed by atoms with Crippen LogP contribution in [0.4, 0.5) is 0 Å². The minimum atomic E-state index is 0. The van der Waals surface area contributed by atoms with Crippen LogP contribution in [-0.4, -0.2) is 29.0 Å². The Labute approximate surface area is 155 Å². The first-order valence-corrected chi connectivity index (χ1v) is 8.13. The summed E-state index contributed by atoms with van der Waals surface area (Å²) in [7, 11) is 0. The Balaban J connectivity index is 0.00000144. The van der Waals surface area contributed by atoms with Crippen molar-refractivity contribution in [1.82, 2.24) is 20.6 Å². The molecule has 0 spiro atoms. The highest BCUT2D eigenvalue weighted by Crippen LogP contribution is 2.22. The first-order valence-electron chi connectivity index (χ1n) is 8.13. The number of fused-ring (bicyclic) bond motifs is 1. The lowest BCUT2D eigenvalue weighted by Crippen LogP contribution is -2.35. The van der Waals surface area contributed by atoms with Crippen molar-refractivity contribution in [3.05, 3.63) is 30.1 Å². The standard InChI is InChI=1S/C17H24N4O.2ClH/c1-12(13-5-4-8-18-10-13)9-17(22)19-11-16-20-14-6-2-3-7-15(14)21-16;;/h2-3,6-7,12-13,18H,4-5,8-11H2,1H3,(H,19,22)(H,20,21);2*1H. The predicted octanol–water partition coefficient (Wildman–Crippen LogP) is 3.05. The average Bonchev–Trinajstić information content (AvgIpc) is 2.96. The zero-order chi connectivity index (χ0) is 15.4. The Kier molecular flexibility index (Phi) is 8.53. The SMILES string of the molecule is CC(CC(=O)NCc1nc2ccccc2[nH]1)C1CCCNC1.Cl.Cl. The number of piperidine rings is 1. The Morgan fingerprint density at radius 3 is 2.88 bits per heavy atom. The van der Waals surface area contributed by atoms with Gasteiger partial charge in [-0.05, 0) is 49.9 Å². The summed E-state index contributed by atoms with van der Waals surface area (Å²) in [6.45, 7) is 4.79. The maximum atomic E-state index is 12.1. The van der Waals surface area contributed by atoms with E-state index in [-0.39, 0.29) is 30.7 Å². The third-order valence-electron chi connectivity index (χ3n) is 4.54. The summed E-state index contributed by atoms with van der Waals surface area (Å²) in [5.74, 6) is 1.95. The quantitative estimate of drug-likeness (QED) is 0.755. The van der Waals surface area contributed by atoms with E-state index in [0.29, 0.717) is 24.8 Å². The van der Waals surface area contributed by atoms with E-state index in [2.05, 4.69) is 27.5 Å². The molecule has 1 aliphatic heterocycles. The number of hydrogen-bond donors (Lipinski definition) is 3. The molecule has 3 rings (SSSR count). The van der Waals surface area contributed by atoms with Gasteiger partial charge in [-0.1, -0.05) is 19.1 Å². The summed E-state index contributed by atoms with van der Waals surface area (Å²) in [6.07, 6.45) is 3.03. The normalized spacial score (nSPS) is 18.3. The van der Waals surface area contributed by atoms with Crippen molar-refractivity contribution >= 4 is 41.8 Å². The Hall–Kier alpha value is -1.30. The predicted molar refractivity (Wildman–Crippen MR) is 102 cm³/mol. The molecule has 3 N–H and O–H groups in total. The Morgan fingerprint density at radius 2 is 2.17 bits per heavy atom. The molecule has 1 aromatic heterocycles. The molecule has 2 heterocycles. The van der Waals surface area contributed by atoms with Gasteiger partial charge in [0.05, 0.1) is 17.6 Å². The third kappa shape index (κ3) is 5.36. The lowest BCUT2D eigenvalue weighted by atomic mass is 9.85. The first-order chi connectivity index (χ1) is 10.7. The van der Waals surface area contributed by atoms with Crippen LogP contribution in [0.1, 0.15) is 32.0 Å².